The summed E-state index contributed by atoms with van der Waals surface area (Å²) < 4.78 is 18.5. The molecule has 0 saturated carbocycles. The van der Waals surface area contributed by atoms with Crippen LogP contribution in [0, 0.1) is 5.82 Å². The maximum atomic E-state index is 12.9. The molecule has 2 rings (SSSR count). The summed E-state index contributed by atoms with van der Waals surface area (Å²) in [7, 11) is 0. The molecule has 2 aromatic carbocycles. The highest BCUT2D eigenvalue weighted by molar-refractivity contribution is 6.00. The monoisotopic (exact) mass is 300 g/mol. The van der Waals surface area contributed by atoms with Crippen molar-refractivity contribution in [2.45, 2.75) is 26.4 Å². The third-order valence-corrected chi connectivity index (χ3v) is 3.20. The lowest BCUT2D eigenvalue weighted by molar-refractivity contribution is -0.116. The predicted octanol–water partition coefficient (Wildman–Crippen LogP) is 3.96. The molecule has 0 fully saturated rings. The lowest BCUT2D eigenvalue weighted by Crippen LogP contribution is -2.06. The van der Waals surface area contributed by atoms with Crippen LogP contribution in [0.15, 0.2) is 48.5 Å². The van der Waals surface area contributed by atoms with Crippen molar-refractivity contribution in [2.24, 2.45) is 0 Å². The van der Waals surface area contributed by atoms with Crippen molar-refractivity contribution in [1.82, 2.24) is 0 Å². The SMILES string of the molecule is CC(=O)CCC(=O)c1ccccc1OCc1ccc(F)cc1. The number of halogens is 1. The summed E-state index contributed by atoms with van der Waals surface area (Å²) in [6.07, 6.45) is 0.400. The second kappa shape index (κ2) is 7.50. The van der Waals surface area contributed by atoms with Crippen molar-refractivity contribution in [2.75, 3.05) is 0 Å². The summed E-state index contributed by atoms with van der Waals surface area (Å²) in [5.41, 5.74) is 1.28. The molecule has 22 heavy (non-hydrogen) atoms. The van der Waals surface area contributed by atoms with Gasteiger partial charge in [0.25, 0.3) is 0 Å². The fourth-order valence-corrected chi connectivity index (χ4v) is 1.99. The van der Waals surface area contributed by atoms with Crippen LogP contribution in [0.1, 0.15) is 35.7 Å². The zero-order valence-corrected chi connectivity index (χ0v) is 12.3. The molecule has 0 aliphatic heterocycles. The van der Waals surface area contributed by atoms with Crippen molar-refractivity contribution >= 4 is 11.6 Å². The van der Waals surface area contributed by atoms with Gasteiger partial charge in [-0.2, -0.15) is 0 Å². The highest BCUT2D eigenvalue weighted by Crippen LogP contribution is 2.21. The molecule has 4 heteroatoms. The van der Waals surface area contributed by atoms with Gasteiger partial charge in [0.05, 0.1) is 5.56 Å². The maximum Gasteiger partial charge on any atom is 0.167 e. The number of Topliss-reactive ketones (excluding diaryl/α,β-unsaturated/α-hetero) is 2. The van der Waals surface area contributed by atoms with Crippen LogP contribution in [0.25, 0.3) is 0 Å². The summed E-state index contributed by atoms with van der Waals surface area (Å²) >= 11 is 0. The Morgan fingerprint density at radius 2 is 1.68 bits per heavy atom. The Morgan fingerprint density at radius 1 is 1.00 bits per heavy atom. The molecule has 0 N–H and O–H groups in total. The van der Waals surface area contributed by atoms with Gasteiger partial charge in [-0.15, -0.1) is 0 Å². The summed E-state index contributed by atoms with van der Waals surface area (Å²) in [6, 6.07) is 12.9. The van der Waals surface area contributed by atoms with Crippen molar-refractivity contribution in [3.63, 3.8) is 0 Å². The van der Waals surface area contributed by atoms with Crippen LogP contribution in [0.4, 0.5) is 4.39 Å². The lowest BCUT2D eigenvalue weighted by Gasteiger charge is -2.10. The minimum Gasteiger partial charge on any atom is -0.488 e. The van der Waals surface area contributed by atoms with Gasteiger partial charge in [-0.1, -0.05) is 24.3 Å². The average molecular weight is 300 g/mol. The third kappa shape index (κ3) is 4.52. The first kappa shape index (κ1) is 15.9. The van der Waals surface area contributed by atoms with E-state index in [1.807, 2.05) is 0 Å². The van der Waals surface area contributed by atoms with E-state index in [4.69, 9.17) is 4.74 Å². The second-order valence-electron chi connectivity index (χ2n) is 5.04. The Kier molecular flexibility index (Phi) is 5.42. The van der Waals surface area contributed by atoms with Gasteiger partial charge in [0.15, 0.2) is 5.78 Å². The van der Waals surface area contributed by atoms with Crippen LogP contribution in [0.5, 0.6) is 5.75 Å². The van der Waals surface area contributed by atoms with Gasteiger partial charge in [-0.3, -0.25) is 4.79 Å². The molecule has 2 aromatic rings. The van der Waals surface area contributed by atoms with Crippen LogP contribution >= 0.6 is 0 Å². The zero-order valence-electron chi connectivity index (χ0n) is 12.3. The molecular weight excluding hydrogens is 283 g/mol. The Morgan fingerprint density at radius 3 is 2.36 bits per heavy atom. The molecular formula is C18H17FO3. The molecule has 0 aromatic heterocycles. The summed E-state index contributed by atoms with van der Waals surface area (Å²) in [5, 5.41) is 0. The molecule has 0 spiro atoms. The fourth-order valence-electron chi connectivity index (χ4n) is 1.99. The first-order valence-corrected chi connectivity index (χ1v) is 7.05. The number of para-hydroxylation sites is 1. The van der Waals surface area contributed by atoms with Crippen molar-refractivity contribution in [3.8, 4) is 5.75 Å². The van der Waals surface area contributed by atoms with E-state index >= 15 is 0 Å². The lowest BCUT2D eigenvalue weighted by atomic mass is 10.0. The van der Waals surface area contributed by atoms with Gasteiger partial charge < -0.3 is 9.53 Å². The van der Waals surface area contributed by atoms with Gasteiger partial charge in [-0.25, -0.2) is 4.39 Å². The number of ether oxygens (including phenoxy) is 1. The molecule has 0 radical (unpaired) electrons. The van der Waals surface area contributed by atoms with Crippen molar-refractivity contribution in [1.29, 1.82) is 0 Å². The van der Waals surface area contributed by atoms with Crippen LogP contribution in [0.2, 0.25) is 0 Å². The Hall–Kier alpha value is -2.49. The van der Waals surface area contributed by atoms with Crippen LogP contribution in [-0.2, 0) is 11.4 Å². The van der Waals surface area contributed by atoms with Gasteiger partial charge in [0.1, 0.15) is 24.0 Å². The first-order valence-electron chi connectivity index (χ1n) is 7.05. The molecule has 0 bridgehead atoms. The fraction of sp³-hybridized carbons (Fsp3) is 0.222. The normalized spacial score (nSPS) is 10.3. The second-order valence-corrected chi connectivity index (χ2v) is 5.04. The molecule has 0 aliphatic rings. The van der Waals surface area contributed by atoms with E-state index in [1.165, 1.54) is 19.1 Å². The topological polar surface area (TPSA) is 43.4 Å². The van der Waals surface area contributed by atoms with E-state index in [1.54, 1.807) is 36.4 Å². The summed E-state index contributed by atoms with van der Waals surface area (Å²) in [4.78, 5) is 23.1. The van der Waals surface area contributed by atoms with E-state index in [-0.39, 0.29) is 36.8 Å². The summed E-state index contributed by atoms with van der Waals surface area (Å²) in [6.45, 7) is 1.71. The smallest absolute Gasteiger partial charge is 0.167 e. The molecule has 0 unspecified atom stereocenters. The first-order chi connectivity index (χ1) is 10.6. The Labute approximate surface area is 128 Å². The predicted molar refractivity (Wildman–Crippen MR) is 81.4 cm³/mol. The molecule has 114 valence electrons. The number of hydrogen-bond donors (Lipinski definition) is 0. The van der Waals surface area contributed by atoms with E-state index in [9.17, 15) is 14.0 Å². The zero-order chi connectivity index (χ0) is 15.9. The quantitative estimate of drug-likeness (QED) is 0.727. The maximum absolute atomic E-state index is 12.9. The standard InChI is InChI=1S/C18H17FO3/c1-13(20)6-11-17(21)16-4-2-3-5-18(16)22-12-14-7-9-15(19)10-8-14/h2-5,7-10H,6,11-12H2,1H3. The largest absolute Gasteiger partial charge is 0.488 e. The van der Waals surface area contributed by atoms with E-state index < -0.39 is 0 Å². The Balaban J connectivity index is 2.06. The number of carbonyl (C=O) groups is 2. The number of benzene rings is 2. The van der Waals surface area contributed by atoms with Crippen molar-refractivity contribution < 1.29 is 18.7 Å². The van der Waals surface area contributed by atoms with Gasteiger partial charge in [0, 0.05) is 12.8 Å². The van der Waals surface area contributed by atoms with Gasteiger partial charge in [0.2, 0.25) is 0 Å². The third-order valence-electron chi connectivity index (χ3n) is 3.20. The van der Waals surface area contributed by atoms with Crippen molar-refractivity contribution in [3.05, 3.63) is 65.5 Å². The van der Waals surface area contributed by atoms with E-state index in [2.05, 4.69) is 0 Å². The number of rotatable bonds is 7. The molecule has 0 heterocycles. The molecule has 3 nitrogen and oxygen atoms in total. The molecule has 0 saturated heterocycles. The van der Waals surface area contributed by atoms with E-state index in [0.29, 0.717) is 11.3 Å². The molecule has 0 aliphatic carbocycles. The minimum atomic E-state index is -0.302. The number of ketones is 2. The number of hydrogen-bond acceptors (Lipinski definition) is 3. The molecule has 0 amide bonds. The van der Waals surface area contributed by atoms with Crippen LogP contribution in [0.3, 0.4) is 0 Å². The van der Waals surface area contributed by atoms with Crippen LogP contribution < -0.4 is 4.74 Å². The Bertz CT molecular complexity index is 662. The van der Waals surface area contributed by atoms with Gasteiger partial charge >= 0.3 is 0 Å². The minimum absolute atomic E-state index is 0.0157. The van der Waals surface area contributed by atoms with E-state index in [0.717, 1.165) is 5.56 Å². The highest BCUT2D eigenvalue weighted by Gasteiger charge is 2.12. The van der Waals surface area contributed by atoms with Crippen LogP contribution in [-0.4, -0.2) is 11.6 Å². The number of carbonyl (C=O) groups excluding carboxylic acids is 2. The summed E-state index contributed by atoms with van der Waals surface area (Å²) in [5.74, 6) is 0.0342. The average Bonchev–Trinajstić information content (AvgIpc) is 2.52. The molecule has 0 atom stereocenters. The van der Waals surface area contributed by atoms with Gasteiger partial charge in [-0.05, 0) is 36.8 Å². The highest BCUT2D eigenvalue weighted by atomic mass is 19.1.